The van der Waals surface area contributed by atoms with Gasteiger partial charge in [0.1, 0.15) is 0 Å². The molecule has 0 unspecified atom stereocenters. The highest BCUT2D eigenvalue weighted by Crippen LogP contribution is 2.46. The molecule has 14 heavy (non-hydrogen) atoms. The van der Waals surface area contributed by atoms with Crippen molar-refractivity contribution in [2.75, 3.05) is 0 Å². The van der Waals surface area contributed by atoms with Gasteiger partial charge in [-0.1, -0.05) is 13.8 Å². The minimum Gasteiger partial charge on any atom is -0.227 e. The molecule has 76 valence electrons. The van der Waals surface area contributed by atoms with Gasteiger partial charge in [-0.15, -0.1) is 0 Å². The van der Waals surface area contributed by atoms with E-state index in [0.717, 1.165) is 5.56 Å². The molecule has 2 rings (SSSR count). The van der Waals surface area contributed by atoms with Gasteiger partial charge in [0.2, 0.25) is 5.95 Å². The van der Waals surface area contributed by atoms with Crippen LogP contribution in [0.3, 0.4) is 0 Å². The maximum Gasteiger partial charge on any atom is 0.227 e. The Morgan fingerprint density at radius 3 is 2.64 bits per heavy atom. The van der Waals surface area contributed by atoms with Crippen LogP contribution in [0.25, 0.3) is 0 Å². The van der Waals surface area contributed by atoms with Gasteiger partial charge in [0, 0.05) is 6.20 Å². The summed E-state index contributed by atoms with van der Waals surface area (Å²) in [7, 11) is 0. The van der Waals surface area contributed by atoms with E-state index in [1.54, 1.807) is 6.20 Å². The molecule has 0 bridgehead atoms. The van der Waals surface area contributed by atoms with E-state index in [2.05, 4.69) is 34.8 Å². The molecular weight excluding hydrogens is 245 g/mol. The number of aromatic nitrogens is 1. The average molecular weight is 258 g/mol. The van der Waals surface area contributed by atoms with Crippen molar-refractivity contribution in [2.45, 2.75) is 38.5 Å². The van der Waals surface area contributed by atoms with Gasteiger partial charge in [-0.2, -0.15) is 4.39 Å². The second kappa shape index (κ2) is 3.61. The summed E-state index contributed by atoms with van der Waals surface area (Å²) in [6.07, 6.45) is 4.04. The molecule has 1 heterocycles. The molecule has 0 N–H and O–H groups in total. The number of hydrogen-bond acceptors (Lipinski definition) is 1. The first kappa shape index (κ1) is 10.1. The first-order valence-corrected chi connectivity index (χ1v) is 5.74. The molecule has 0 amide bonds. The highest BCUT2D eigenvalue weighted by Gasteiger charge is 2.30. The number of pyridine rings is 1. The van der Waals surface area contributed by atoms with Crippen LogP contribution >= 0.6 is 15.9 Å². The van der Waals surface area contributed by atoms with Crippen LogP contribution in [0.5, 0.6) is 0 Å². The molecule has 1 aromatic rings. The maximum atomic E-state index is 13.3. The zero-order chi connectivity index (χ0) is 10.3. The predicted octanol–water partition coefficient (Wildman–Crippen LogP) is 3.98. The Bertz CT molecular complexity index is 359. The van der Waals surface area contributed by atoms with Crippen LogP contribution in [-0.2, 0) is 0 Å². The van der Waals surface area contributed by atoms with Crippen LogP contribution in [0.15, 0.2) is 10.7 Å². The first-order valence-electron chi connectivity index (χ1n) is 4.95. The van der Waals surface area contributed by atoms with Crippen molar-refractivity contribution in [3.63, 3.8) is 0 Å². The molecule has 0 spiro atoms. The lowest BCUT2D eigenvalue weighted by Crippen LogP contribution is -2.00. The standard InChI is InChI=1S/C11H13BrFN/c1-6(2)8-5-14-11(13)10(12)9(8)7-3-4-7/h5-7H,3-4H2,1-2H3. The molecule has 1 aromatic heterocycles. The van der Waals surface area contributed by atoms with Crippen LogP contribution in [-0.4, -0.2) is 4.98 Å². The summed E-state index contributed by atoms with van der Waals surface area (Å²) < 4.78 is 13.8. The number of hydrogen-bond donors (Lipinski definition) is 0. The third-order valence-electron chi connectivity index (χ3n) is 2.65. The Balaban J connectivity index is 2.54. The van der Waals surface area contributed by atoms with Gasteiger partial charge in [0.05, 0.1) is 4.47 Å². The fourth-order valence-corrected chi connectivity index (χ4v) is 2.39. The zero-order valence-electron chi connectivity index (χ0n) is 8.35. The van der Waals surface area contributed by atoms with Crippen LogP contribution < -0.4 is 0 Å². The highest BCUT2D eigenvalue weighted by molar-refractivity contribution is 9.10. The Hall–Kier alpha value is -0.440. The molecule has 1 saturated carbocycles. The third kappa shape index (κ3) is 1.70. The lowest BCUT2D eigenvalue weighted by atomic mass is 9.97. The maximum absolute atomic E-state index is 13.3. The van der Waals surface area contributed by atoms with E-state index in [1.807, 2.05) is 0 Å². The van der Waals surface area contributed by atoms with Crippen molar-refractivity contribution in [1.82, 2.24) is 4.98 Å². The van der Waals surface area contributed by atoms with Gasteiger partial charge in [-0.3, -0.25) is 0 Å². The summed E-state index contributed by atoms with van der Waals surface area (Å²) in [4.78, 5) is 3.76. The van der Waals surface area contributed by atoms with E-state index in [9.17, 15) is 4.39 Å². The summed E-state index contributed by atoms with van der Waals surface area (Å²) in [5, 5.41) is 0. The first-order chi connectivity index (χ1) is 6.61. The van der Waals surface area contributed by atoms with E-state index < -0.39 is 0 Å². The van der Waals surface area contributed by atoms with Crippen molar-refractivity contribution in [3.8, 4) is 0 Å². The summed E-state index contributed by atoms with van der Waals surface area (Å²) >= 11 is 3.30. The summed E-state index contributed by atoms with van der Waals surface area (Å²) in [6, 6.07) is 0. The molecule has 1 nitrogen and oxygen atoms in total. The van der Waals surface area contributed by atoms with Gasteiger partial charge in [0.15, 0.2) is 0 Å². The van der Waals surface area contributed by atoms with Gasteiger partial charge in [-0.25, -0.2) is 4.98 Å². The molecule has 0 aromatic carbocycles. The monoisotopic (exact) mass is 257 g/mol. The van der Waals surface area contributed by atoms with E-state index in [-0.39, 0.29) is 5.95 Å². The molecule has 1 aliphatic rings. The summed E-state index contributed by atoms with van der Waals surface area (Å²) in [5.74, 6) is 0.588. The third-order valence-corrected chi connectivity index (χ3v) is 3.41. The minimum atomic E-state index is -0.378. The molecule has 0 atom stereocenters. The van der Waals surface area contributed by atoms with Crippen LogP contribution in [0.4, 0.5) is 4.39 Å². The van der Waals surface area contributed by atoms with E-state index >= 15 is 0 Å². The topological polar surface area (TPSA) is 12.9 Å². The fraction of sp³-hybridized carbons (Fsp3) is 0.545. The average Bonchev–Trinajstić information content (AvgIpc) is 2.92. The minimum absolute atomic E-state index is 0.378. The lowest BCUT2D eigenvalue weighted by Gasteiger charge is -2.13. The van der Waals surface area contributed by atoms with Crippen molar-refractivity contribution in [1.29, 1.82) is 0 Å². The molecule has 0 saturated heterocycles. The molecule has 0 aliphatic heterocycles. The lowest BCUT2D eigenvalue weighted by molar-refractivity contribution is 0.570. The van der Waals surface area contributed by atoms with Crippen molar-refractivity contribution in [2.24, 2.45) is 0 Å². The van der Waals surface area contributed by atoms with Gasteiger partial charge >= 0.3 is 0 Å². The quantitative estimate of drug-likeness (QED) is 0.731. The van der Waals surface area contributed by atoms with Crippen molar-refractivity contribution in [3.05, 3.63) is 27.7 Å². The second-order valence-corrected chi connectivity index (χ2v) is 4.95. The highest BCUT2D eigenvalue weighted by atomic mass is 79.9. The van der Waals surface area contributed by atoms with E-state index in [4.69, 9.17) is 0 Å². The van der Waals surface area contributed by atoms with E-state index in [1.165, 1.54) is 18.4 Å². The Morgan fingerprint density at radius 1 is 1.50 bits per heavy atom. The molecule has 0 radical (unpaired) electrons. The smallest absolute Gasteiger partial charge is 0.227 e. The molecular formula is C11H13BrFN. The fourth-order valence-electron chi connectivity index (χ4n) is 1.74. The molecule has 1 aliphatic carbocycles. The van der Waals surface area contributed by atoms with Crippen molar-refractivity contribution >= 4 is 15.9 Å². The number of rotatable bonds is 2. The van der Waals surface area contributed by atoms with Crippen LogP contribution in [0.2, 0.25) is 0 Å². The number of nitrogens with zero attached hydrogens (tertiary/aromatic N) is 1. The Labute approximate surface area is 91.9 Å². The van der Waals surface area contributed by atoms with E-state index in [0.29, 0.717) is 16.3 Å². The van der Waals surface area contributed by atoms with Crippen molar-refractivity contribution < 1.29 is 4.39 Å². The predicted molar refractivity (Wildman–Crippen MR) is 58.0 cm³/mol. The Morgan fingerprint density at radius 2 is 2.14 bits per heavy atom. The van der Waals surface area contributed by atoms with Gasteiger partial charge in [0.25, 0.3) is 0 Å². The summed E-state index contributed by atoms with van der Waals surface area (Å²) in [6.45, 7) is 4.24. The number of halogens is 2. The molecule has 3 heteroatoms. The summed E-state index contributed by atoms with van der Waals surface area (Å²) in [5.41, 5.74) is 2.33. The zero-order valence-corrected chi connectivity index (χ0v) is 9.94. The second-order valence-electron chi connectivity index (χ2n) is 4.16. The Kier molecular flexibility index (Phi) is 2.60. The van der Waals surface area contributed by atoms with Gasteiger partial charge < -0.3 is 0 Å². The van der Waals surface area contributed by atoms with Crippen LogP contribution in [0.1, 0.15) is 49.7 Å². The van der Waals surface area contributed by atoms with Gasteiger partial charge in [-0.05, 0) is 51.7 Å². The largest absolute Gasteiger partial charge is 0.227 e. The molecule has 1 fully saturated rings. The SMILES string of the molecule is CC(C)c1cnc(F)c(Br)c1C1CC1. The van der Waals surface area contributed by atoms with Crippen LogP contribution in [0, 0.1) is 5.95 Å². The normalized spacial score (nSPS) is 16.4.